The van der Waals surface area contributed by atoms with Gasteiger partial charge in [0.25, 0.3) is 0 Å². The van der Waals surface area contributed by atoms with Gasteiger partial charge in [0, 0.05) is 10.6 Å². The molecule has 2 aromatic rings. The monoisotopic (exact) mass is 205 g/mol. The summed E-state index contributed by atoms with van der Waals surface area (Å²) in [5.74, 6) is 0.942. The minimum atomic E-state index is 0.788. The Labute approximate surface area is 87.1 Å². The van der Waals surface area contributed by atoms with Crippen molar-refractivity contribution in [1.82, 2.24) is 0 Å². The van der Waals surface area contributed by atoms with E-state index in [-0.39, 0.29) is 0 Å². The number of hydrogen-bond donors (Lipinski definition) is 1. The van der Waals surface area contributed by atoms with E-state index in [1.807, 2.05) is 37.3 Å². The summed E-state index contributed by atoms with van der Waals surface area (Å²) in [5.41, 5.74) is 6.48. The Bertz CT molecular complexity index is 436. The molecule has 0 saturated carbocycles. The molecular formula is C11H11NOS. The Balaban J connectivity index is 2.23. The molecule has 2 N–H and O–H groups in total. The Morgan fingerprint density at radius 1 is 1.29 bits per heavy atom. The highest BCUT2D eigenvalue weighted by atomic mass is 32.2. The molecule has 0 aliphatic rings. The summed E-state index contributed by atoms with van der Waals surface area (Å²) in [6, 6.07) is 9.78. The number of benzene rings is 1. The molecule has 2 nitrogen and oxygen atoms in total. The number of aryl methyl sites for hydroxylation is 1. The Hall–Kier alpha value is -1.35. The van der Waals surface area contributed by atoms with Crippen LogP contribution in [0, 0.1) is 6.92 Å². The van der Waals surface area contributed by atoms with Crippen LogP contribution < -0.4 is 5.73 Å². The second-order valence-electron chi connectivity index (χ2n) is 3.02. The van der Waals surface area contributed by atoms with Crippen LogP contribution in [0.3, 0.4) is 0 Å². The molecule has 3 heteroatoms. The van der Waals surface area contributed by atoms with Crippen molar-refractivity contribution in [3.63, 3.8) is 0 Å². The van der Waals surface area contributed by atoms with Crippen LogP contribution in [-0.2, 0) is 0 Å². The van der Waals surface area contributed by atoms with E-state index in [4.69, 9.17) is 10.2 Å². The normalized spacial score (nSPS) is 10.4. The van der Waals surface area contributed by atoms with Gasteiger partial charge in [-0.3, -0.25) is 0 Å². The fourth-order valence-corrected chi connectivity index (χ4v) is 2.10. The Morgan fingerprint density at radius 3 is 2.79 bits per heavy atom. The number of nitrogen functional groups attached to an aromatic ring is 1. The molecule has 0 atom stereocenters. The highest BCUT2D eigenvalue weighted by molar-refractivity contribution is 7.99. The molecule has 72 valence electrons. The molecule has 0 aliphatic heterocycles. The zero-order valence-corrected chi connectivity index (χ0v) is 8.67. The van der Waals surface area contributed by atoms with E-state index in [0.29, 0.717) is 0 Å². The van der Waals surface area contributed by atoms with Crippen molar-refractivity contribution in [3.8, 4) is 0 Å². The van der Waals surface area contributed by atoms with Gasteiger partial charge in [0.05, 0.1) is 11.2 Å². The first kappa shape index (κ1) is 9.21. The molecule has 0 amide bonds. The third kappa shape index (κ3) is 1.93. The summed E-state index contributed by atoms with van der Waals surface area (Å²) in [6.45, 7) is 1.95. The summed E-state index contributed by atoms with van der Waals surface area (Å²) >= 11 is 1.66. The summed E-state index contributed by atoms with van der Waals surface area (Å²) in [6.07, 6.45) is 1.70. The number of rotatable bonds is 2. The van der Waals surface area contributed by atoms with Gasteiger partial charge >= 0.3 is 0 Å². The molecule has 0 saturated heterocycles. The van der Waals surface area contributed by atoms with Crippen molar-refractivity contribution in [1.29, 1.82) is 0 Å². The molecule has 0 spiro atoms. The summed E-state index contributed by atoms with van der Waals surface area (Å²) in [7, 11) is 0. The van der Waals surface area contributed by atoms with Crippen molar-refractivity contribution in [2.24, 2.45) is 0 Å². The number of nitrogens with two attached hydrogens (primary N) is 1. The molecule has 1 aromatic heterocycles. The average molecular weight is 205 g/mol. The van der Waals surface area contributed by atoms with Gasteiger partial charge in [-0.15, -0.1) is 0 Å². The Morgan fingerprint density at radius 2 is 2.14 bits per heavy atom. The van der Waals surface area contributed by atoms with Gasteiger partial charge in [0.15, 0.2) is 0 Å². The lowest BCUT2D eigenvalue weighted by atomic mass is 10.3. The van der Waals surface area contributed by atoms with Crippen LogP contribution in [0.25, 0.3) is 0 Å². The van der Waals surface area contributed by atoms with E-state index in [2.05, 4.69) is 0 Å². The summed E-state index contributed by atoms with van der Waals surface area (Å²) < 4.78 is 5.21. The van der Waals surface area contributed by atoms with E-state index in [9.17, 15) is 0 Å². The van der Waals surface area contributed by atoms with Crippen LogP contribution in [0.15, 0.2) is 50.8 Å². The van der Waals surface area contributed by atoms with Gasteiger partial charge in [-0.25, -0.2) is 0 Å². The van der Waals surface area contributed by atoms with E-state index in [1.165, 1.54) is 0 Å². The van der Waals surface area contributed by atoms with Crippen LogP contribution in [0.1, 0.15) is 5.76 Å². The molecule has 1 aromatic carbocycles. The van der Waals surface area contributed by atoms with E-state index in [0.717, 1.165) is 21.2 Å². The standard InChI is InChI=1S/C11H11NOS/c1-8-11(5-6-13-8)14-10-4-2-3-9(12)7-10/h2-7H,12H2,1H3. The minimum Gasteiger partial charge on any atom is -0.468 e. The second-order valence-corrected chi connectivity index (χ2v) is 4.13. The predicted octanol–water partition coefficient (Wildman–Crippen LogP) is 3.32. The van der Waals surface area contributed by atoms with Crippen LogP contribution in [-0.4, -0.2) is 0 Å². The number of furan rings is 1. The smallest absolute Gasteiger partial charge is 0.114 e. The molecule has 0 fully saturated rings. The zero-order chi connectivity index (χ0) is 9.97. The fraction of sp³-hybridized carbons (Fsp3) is 0.0909. The van der Waals surface area contributed by atoms with Crippen LogP contribution in [0.2, 0.25) is 0 Å². The summed E-state index contributed by atoms with van der Waals surface area (Å²) in [5, 5.41) is 0. The molecular weight excluding hydrogens is 194 g/mol. The van der Waals surface area contributed by atoms with Crippen LogP contribution in [0.4, 0.5) is 5.69 Å². The van der Waals surface area contributed by atoms with Gasteiger partial charge < -0.3 is 10.2 Å². The second kappa shape index (κ2) is 3.80. The van der Waals surface area contributed by atoms with Crippen molar-refractivity contribution < 1.29 is 4.42 Å². The number of hydrogen-bond acceptors (Lipinski definition) is 3. The molecule has 1 heterocycles. The largest absolute Gasteiger partial charge is 0.468 e. The lowest BCUT2D eigenvalue weighted by Crippen LogP contribution is -1.83. The minimum absolute atomic E-state index is 0.788. The van der Waals surface area contributed by atoms with Gasteiger partial charge in [-0.1, -0.05) is 17.8 Å². The molecule has 0 radical (unpaired) electrons. The van der Waals surface area contributed by atoms with Gasteiger partial charge in [0.2, 0.25) is 0 Å². The topological polar surface area (TPSA) is 39.2 Å². The van der Waals surface area contributed by atoms with Gasteiger partial charge in [-0.2, -0.15) is 0 Å². The van der Waals surface area contributed by atoms with Gasteiger partial charge in [0.1, 0.15) is 5.76 Å². The van der Waals surface area contributed by atoms with Crippen molar-refractivity contribution in [2.45, 2.75) is 16.7 Å². The maximum atomic E-state index is 5.69. The molecule has 14 heavy (non-hydrogen) atoms. The van der Waals surface area contributed by atoms with Crippen molar-refractivity contribution in [3.05, 3.63) is 42.4 Å². The first-order valence-corrected chi connectivity index (χ1v) is 5.15. The average Bonchev–Trinajstić information content (AvgIpc) is 2.52. The van der Waals surface area contributed by atoms with Crippen LogP contribution >= 0.6 is 11.8 Å². The highest BCUT2D eigenvalue weighted by Crippen LogP contribution is 2.31. The fourth-order valence-electron chi connectivity index (χ4n) is 1.18. The maximum Gasteiger partial charge on any atom is 0.114 e. The van der Waals surface area contributed by atoms with E-state index >= 15 is 0 Å². The quantitative estimate of drug-likeness (QED) is 0.764. The molecule has 2 rings (SSSR count). The lowest BCUT2D eigenvalue weighted by Gasteiger charge is -2.00. The van der Waals surface area contributed by atoms with Crippen molar-refractivity contribution in [2.75, 3.05) is 5.73 Å². The SMILES string of the molecule is Cc1occc1Sc1cccc(N)c1. The predicted molar refractivity (Wildman–Crippen MR) is 58.4 cm³/mol. The third-order valence-corrected chi connectivity index (χ3v) is 3.03. The molecule has 0 aliphatic carbocycles. The first-order chi connectivity index (χ1) is 6.75. The third-order valence-electron chi connectivity index (χ3n) is 1.90. The van der Waals surface area contributed by atoms with Gasteiger partial charge in [-0.05, 0) is 31.2 Å². The Kier molecular flexibility index (Phi) is 2.50. The summed E-state index contributed by atoms with van der Waals surface area (Å²) in [4.78, 5) is 2.27. The highest BCUT2D eigenvalue weighted by Gasteiger charge is 2.03. The molecule has 0 bridgehead atoms. The van der Waals surface area contributed by atoms with Crippen LogP contribution in [0.5, 0.6) is 0 Å². The molecule has 0 unspecified atom stereocenters. The zero-order valence-electron chi connectivity index (χ0n) is 7.86. The maximum absolute atomic E-state index is 5.69. The van der Waals surface area contributed by atoms with E-state index in [1.54, 1.807) is 18.0 Å². The number of anilines is 1. The lowest BCUT2D eigenvalue weighted by molar-refractivity contribution is 0.527. The van der Waals surface area contributed by atoms with E-state index < -0.39 is 0 Å². The first-order valence-electron chi connectivity index (χ1n) is 4.33. The van der Waals surface area contributed by atoms with Crippen molar-refractivity contribution >= 4 is 17.4 Å².